The lowest BCUT2D eigenvalue weighted by atomic mass is 9.66. The molecule has 2 atom stereocenters. The zero-order valence-electron chi connectivity index (χ0n) is 12.7. The van der Waals surface area contributed by atoms with Crippen molar-refractivity contribution in [2.45, 2.75) is 45.6 Å². The summed E-state index contributed by atoms with van der Waals surface area (Å²) in [6.45, 7) is 4.42. The van der Waals surface area contributed by atoms with Crippen molar-refractivity contribution in [3.05, 3.63) is 11.9 Å². The van der Waals surface area contributed by atoms with Crippen molar-refractivity contribution in [2.75, 3.05) is 14.2 Å². The number of methoxy groups -OCH3 is 2. The van der Waals surface area contributed by atoms with Gasteiger partial charge in [0.25, 0.3) is 0 Å². The number of hydrogen-bond acceptors (Lipinski definition) is 5. The Kier molecular flexibility index (Phi) is 4.48. The predicted molar refractivity (Wildman–Crippen MR) is 75.8 cm³/mol. The van der Waals surface area contributed by atoms with Crippen molar-refractivity contribution >= 4 is 0 Å². The SMILES string of the molecule is COc1cnc(C(O)C2CCCCC2(C)C)c(OC)n1. The van der Waals surface area contributed by atoms with E-state index in [1.807, 2.05) is 0 Å². The molecule has 1 N–H and O–H groups in total. The van der Waals surface area contributed by atoms with E-state index in [-0.39, 0.29) is 11.3 Å². The van der Waals surface area contributed by atoms with Crippen LogP contribution in [0.4, 0.5) is 0 Å². The first-order chi connectivity index (χ1) is 9.49. The monoisotopic (exact) mass is 280 g/mol. The minimum atomic E-state index is -0.654. The van der Waals surface area contributed by atoms with E-state index in [0.717, 1.165) is 19.3 Å². The molecule has 1 heterocycles. The highest BCUT2D eigenvalue weighted by Gasteiger charge is 2.39. The molecule has 1 fully saturated rings. The van der Waals surface area contributed by atoms with Crippen LogP contribution < -0.4 is 9.47 Å². The van der Waals surface area contributed by atoms with Gasteiger partial charge in [0, 0.05) is 0 Å². The van der Waals surface area contributed by atoms with Crippen LogP contribution in [0.1, 0.15) is 51.3 Å². The van der Waals surface area contributed by atoms with Crippen molar-refractivity contribution in [3.8, 4) is 11.8 Å². The zero-order valence-corrected chi connectivity index (χ0v) is 12.7. The highest BCUT2D eigenvalue weighted by atomic mass is 16.5. The Morgan fingerprint density at radius 2 is 2.05 bits per heavy atom. The van der Waals surface area contributed by atoms with Gasteiger partial charge in [-0.2, -0.15) is 4.98 Å². The fourth-order valence-electron chi connectivity index (χ4n) is 3.11. The highest BCUT2D eigenvalue weighted by molar-refractivity contribution is 5.25. The molecule has 1 aromatic rings. The third-order valence-electron chi connectivity index (χ3n) is 4.40. The largest absolute Gasteiger partial charge is 0.480 e. The lowest BCUT2D eigenvalue weighted by Crippen LogP contribution is -2.33. The van der Waals surface area contributed by atoms with Crippen molar-refractivity contribution in [3.63, 3.8) is 0 Å². The average molecular weight is 280 g/mol. The number of hydrogen-bond donors (Lipinski definition) is 1. The molecule has 5 heteroatoms. The van der Waals surface area contributed by atoms with E-state index >= 15 is 0 Å². The summed E-state index contributed by atoms with van der Waals surface area (Å²) >= 11 is 0. The van der Waals surface area contributed by atoms with Gasteiger partial charge in [0.15, 0.2) is 0 Å². The molecule has 0 amide bonds. The molecule has 20 heavy (non-hydrogen) atoms. The van der Waals surface area contributed by atoms with Crippen LogP contribution in [-0.2, 0) is 0 Å². The molecule has 0 radical (unpaired) electrons. The topological polar surface area (TPSA) is 64.5 Å². The summed E-state index contributed by atoms with van der Waals surface area (Å²) in [5.41, 5.74) is 0.609. The van der Waals surface area contributed by atoms with Gasteiger partial charge in [-0.1, -0.05) is 26.7 Å². The average Bonchev–Trinajstić information content (AvgIpc) is 2.45. The number of aliphatic hydroxyl groups is 1. The molecular formula is C15H24N2O3. The molecule has 1 aromatic heterocycles. The van der Waals surface area contributed by atoms with Crippen molar-refractivity contribution < 1.29 is 14.6 Å². The Bertz CT molecular complexity index is 462. The maximum atomic E-state index is 10.7. The van der Waals surface area contributed by atoms with Crippen LogP contribution in [0.2, 0.25) is 0 Å². The second-order valence-electron chi connectivity index (χ2n) is 6.09. The van der Waals surface area contributed by atoms with E-state index in [0.29, 0.717) is 17.5 Å². The Balaban J connectivity index is 2.30. The molecule has 5 nitrogen and oxygen atoms in total. The third kappa shape index (κ3) is 2.87. The quantitative estimate of drug-likeness (QED) is 0.918. The molecule has 1 aliphatic carbocycles. The van der Waals surface area contributed by atoms with Gasteiger partial charge < -0.3 is 14.6 Å². The summed E-state index contributed by atoms with van der Waals surface area (Å²) in [7, 11) is 3.06. The van der Waals surface area contributed by atoms with E-state index in [9.17, 15) is 5.11 Å². The molecule has 0 saturated heterocycles. The summed E-state index contributed by atoms with van der Waals surface area (Å²) in [4.78, 5) is 8.50. The molecule has 0 aliphatic heterocycles. The van der Waals surface area contributed by atoms with E-state index in [4.69, 9.17) is 9.47 Å². The number of ether oxygens (including phenoxy) is 2. The Hall–Kier alpha value is -1.36. The van der Waals surface area contributed by atoms with Gasteiger partial charge in [-0.05, 0) is 24.2 Å². The van der Waals surface area contributed by atoms with Gasteiger partial charge in [-0.15, -0.1) is 0 Å². The van der Waals surface area contributed by atoms with Crippen LogP contribution in [0.5, 0.6) is 11.8 Å². The molecule has 0 bridgehead atoms. The van der Waals surface area contributed by atoms with Crippen molar-refractivity contribution in [1.29, 1.82) is 0 Å². The maximum absolute atomic E-state index is 10.7. The number of nitrogens with zero attached hydrogens (tertiary/aromatic N) is 2. The number of rotatable bonds is 4. The van der Waals surface area contributed by atoms with Gasteiger partial charge in [0.05, 0.1) is 20.4 Å². The van der Waals surface area contributed by atoms with Crippen LogP contribution in [0.3, 0.4) is 0 Å². The van der Waals surface area contributed by atoms with Gasteiger partial charge in [0.1, 0.15) is 11.8 Å². The minimum absolute atomic E-state index is 0.101. The van der Waals surface area contributed by atoms with E-state index in [1.165, 1.54) is 26.8 Å². The summed E-state index contributed by atoms with van der Waals surface area (Å²) in [5, 5.41) is 10.7. The first-order valence-corrected chi connectivity index (χ1v) is 7.12. The number of aromatic nitrogens is 2. The first-order valence-electron chi connectivity index (χ1n) is 7.12. The van der Waals surface area contributed by atoms with Gasteiger partial charge >= 0.3 is 0 Å². The fraction of sp³-hybridized carbons (Fsp3) is 0.733. The predicted octanol–water partition coefficient (Wildman–Crippen LogP) is 2.74. The van der Waals surface area contributed by atoms with Gasteiger partial charge in [-0.3, -0.25) is 0 Å². The second kappa shape index (κ2) is 5.95. The molecular weight excluding hydrogens is 256 g/mol. The Labute approximate surface area is 120 Å². The first kappa shape index (κ1) is 15.0. The molecule has 0 spiro atoms. The lowest BCUT2D eigenvalue weighted by Gasteiger charge is -2.41. The summed E-state index contributed by atoms with van der Waals surface area (Å²) in [5.74, 6) is 0.909. The zero-order chi connectivity index (χ0) is 14.8. The van der Waals surface area contributed by atoms with E-state index in [1.54, 1.807) is 0 Å². The molecule has 1 aliphatic rings. The minimum Gasteiger partial charge on any atom is -0.480 e. The number of aliphatic hydroxyl groups excluding tert-OH is 1. The van der Waals surface area contributed by atoms with E-state index in [2.05, 4.69) is 23.8 Å². The van der Waals surface area contributed by atoms with Gasteiger partial charge in [-0.25, -0.2) is 4.98 Å². The fourth-order valence-corrected chi connectivity index (χ4v) is 3.11. The molecule has 1 saturated carbocycles. The summed E-state index contributed by atoms with van der Waals surface area (Å²) < 4.78 is 10.3. The molecule has 2 rings (SSSR count). The van der Waals surface area contributed by atoms with Crippen molar-refractivity contribution in [1.82, 2.24) is 9.97 Å². The Morgan fingerprint density at radius 3 is 2.65 bits per heavy atom. The Morgan fingerprint density at radius 1 is 1.30 bits per heavy atom. The lowest BCUT2D eigenvalue weighted by molar-refractivity contribution is -0.000242. The van der Waals surface area contributed by atoms with Crippen LogP contribution in [-0.4, -0.2) is 29.3 Å². The summed E-state index contributed by atoms with van der Waals surface area (Å²) in [6, 6.07) is 0. The highest BCUT2D eigenvalue weighted by Crippen LogP contribution is 2.47. The normalized spacial score (nSPS) is 23.1. The van der Waals surface area contributed by atoms with Crippen LogP contribution >= 0.6 is 0 Å². The van der Waals surface area contributed by atoms with Crippen LogP contribution in [0.15, 0.2) is 6.20 Å². The molecule has 2 unspecified atom stereocenters. The molecule has 0 aromatic carbocycles. The third-order valence-corrected chi connectivity index (χ3v) is 4.40. The van der Waals surface area contributed by atoms with Gasteiger partial charge in [0.2, 0.25) is 11.8 Å². The summed E-state index contributed by atoms with van der Waals surface area (Å²) in [6.07, 6.45) is 5.38. The van der Waals surface area contributed by atoms with E-state index < -0.39 is 6.10 Å². The standard InChI is InChI=1S/C15H24N2O3/c1-15(2)8-6-5-7-10(15)13(18)12-14(20-4)17-11(19-3)9-16-12/h9-10,13,18H,5-8H2,1-4H3. The van der Waals surface area contributed by atoms with Crippen molar-refractivity contribution in [2.24, 2.45) is 11.3 Å². The second-order valence-corrected chi connectivity index (χ2v) is 6.09. The van der Waals surface area contributed by atoms with Crippen LogP contribution in [0.25, 0.3) is 0 Å². The maximum Gasteiger partial charge on any atom is 0.241 e. The molecule has 112 valence electrons. The van der Waals surface area contributed by atoms with Crippen LogP contribution in [0, 0.1) is 11.3 Å². The smallest absolute Gasteiger partial charge is 0.241 e.